The first kappa shape index (κ1) is 17.0. The summed E-state index contributed by atoms with van der Waals surface area (Å²) in [6.45, 7) is 3.90. The minimum atomic E-state index is -0.324. The molecule has 0 amide bonds. The Morgan fingerprint density at radius 3 is 2.48 bits per heavy atom. The summed E-state index contributed by atoms with van der Waals surface area (Å²) in [6, 6.07) is 15.0. The highest BCUT2D eigenvalue weighted by Gasteiger charge is 2.13. The summed E-state index contributed by atoms with van der Waals surface area (Å²) in [6.07, 6.45) is 0. The zero-order valence-electron chi connectivity index (χ0n) is 13.1. The Hall–Kier alpha value is -2.33. The molecule has 2 rings (SSSR count). The van der Waals surface area contributed by atoms with Crippen molar-refractivity contribution in [1.29, 1.82) is 0 Å². The molecule has 0 aliphatic carbocycles. The van der Waals surface area contributed by atoms with E-state index in [-0.39, 0.29) is 12.6 Å². The van der Waals surface area contributed by atoms with E-state index in [1.807, 2.05) is 43.3 Å². The van der Waals surface area contributed by atoms with Crippen LogP contribution in [0.3, 0.4) is 0 Å². The largest absolute Gasteiger partial charge is 0.461 e. The number of benzene rings is 2. The summed E-state index contributed by atoms with van der Waals surface area (Å²) in [5.74, 6) is -0.324. The van der Waals surface area contributed by atoms with Gasteiger partial charge in [-0.3, -0.25) is 4.79 Å². The molecule has 0 fully saturated rings. The topological polar surface area (TPSA) is 47.9 Å². The summed E-state index contributed by atoms with van der Waals surface area (Å²) in [5, 5.41) is 4.88. The fraction of sp³-hybridized carbons (Fsp3) is 0.222. The van der Waals surface area contributed by atoms with Gasteiger partial charge in [0, 0.05) is 23.1 Å². The number of halogens is 1. The molecule has 4 nitrogen and oxygen atoms in total. The highest BCUT2D eigenvalue weighted by atomic mass is 35.5. The SMILES string of the molecule is CCON=C(c1ccc(Cl)cc1)c1ccccc1COC(C)=O. The van der Waals surface area contributed by atoms with Gasteiger partial charge in [-0.25, -0.2) is 0 Å². The van der Waals surface area contributed by atoms with E-state index in [2.05, 4.69) is 5.16 Å². The van der Waals surface area contributed by atoms with Gasteiger partial charge in [-0.15, -0.1) is 0 Å². The van der Waals surface area contributed by atoms with Crippen molar-refractivity contribution in [2.45, 2.75) is 20.5 Å². The first-order valence-corrected chi connectivity index (χ1v) is 7.67. The van der Waals surface area contributed by atoms with Crippen LogP contribution in [0.1, 0.15) is 30.5 Å². The van der Waals surface area contributed by atoms with Gasteiger partial charge in [0.25, 0.3) is 0 Å². The van der Waals surface area contributed by atoms with Crippen LogP contribution in [0.2, 0.25) is 5.02 Å². The zero-order chi connectivity index (χ0) is 16.7. The van der Waals surface area contributed by atoms with E-state index in [1.54, 1.807) is 12.1 Å². The molecule has 2 aromatic rings. The number of oxime groups is 1. The molecule has 0 aliphatic rings. The van der Waals surface area contributed by atoms with Gasteiger partial charge in [0.1, 0.15) is 18.9 Å². The van der Waals surface area contributed by atoms with Crippen molar-refractivity contribution in [2.75, 3.05) is 6.61 Å². The van der Waals surface area contributed by atoms with Gasteiger partial charge in [-0.1, -0.05) is 53.2 Å². The van der Waals surface area contributed by atoms with E-state index < -0.39 is 0 Å². The van der Waals surface area contributed by atoms with Crippen molar-refractivity contribution in [1.82, 2.24) is 0 Å². The van der Waals surface area contributed by atoms with Crippen molar-refractivity contribution < 1.29 is 14.4 Å². The monoisotopic (exact) mass is 331 g/mol. The molecule has 5 heteroatoms. The van der Waals surface area contributed by atoms with Crippen molar-refractivity contribution >= 4 is 23.3 Å². The molecule has 0 atom stereocenters. The number of hydrogen-bond acceptors (Lipinski definition) is 4. The van der Waals surface area contributed by atoms with Crippen LogP contribution in [0, 0.1) is 0 Å². The minimum Gasteiger partial charge on any atom is -0.461 e. The quantitative estimate of drug-likeness (QED) is 0.453. The van der Waals surface area contributed by atoms with Crippen LogP contribution in [-0.4, -0.2) is 18.3 Å². The van der Waals surface area contributed by atoms with Crippen molar-refractivity contribution in [2.24, 2.45) is 5.16 Å². The van der Waals surface area contributed by atoms with Gasteiger partial charge in [-0.05, 0) is 24.6 Å². The molecule has 0 N–H and O–H groups in total. The molecule has 120 valence electrons. The predicted octanol–water partition coefficient (Wildman–Crippen LogP) is 4.19. The maximum Gasteiger partial charge on any atom is 0.302 e. The van der Waals surface area contributed by atoms with Gasteiger partial charge >= 0.3 is 5.97 Å². The fourth-order valence-corrected chi connectivity index (χ4v) is 2.18. The van der Waals surface area contributed by atoms with Crippen LogP contribution in [0.15, 0.2) is 53.7 Å². The second kappa shape index (κ2) is 8.34. The maximum atomic E-state index is 11.1. The van der Waals surface area contributed by atoms with Crippen LogP contribution in [-0.2, 0) is 21.0 Å². The van der Waals surface area contributed by atoms with Crippen LogP contribution < -0.4 is 0 Å². The van der Waals surface area contributed by atoms with Crippen molar-refractivity contribution in [3.8, 4) is 0 Å². The number of ether oxygens (including phenoxy) is 1. The smallest absolute Gasteiger partial charge is 0.302 e. The van der Waals surface area contributed by atoms with E-state index in [9.17, 15) is 4.79 Å². The second-order valence-corrected chi connectivity index (χ2v) is 5.24. The molecule has 23 heavy (non-hydrogen) atoms. The predicted molar refractivity (Wildman–Crippen MR) is 90.6 cm³/mol. The first-order valence-electron chi connectivity index (χ1n) is 7.29. The molecule has 0 saturated heterocycles. The van der Waals surface area contributed by atoms with E-state index in [0.717, 1.165) is 16.7 Å². The van der Waals surface area contributed by atoms with E-state index >= 15 is 0 Å². The molecule has 0 saturated carbocycles. The summed E-state index contributed by atoms with van der Waals surface area (Å²) < 4.78 is 5.12. The lowest BCUT2D eigenvalue weighted by Gasteiger charge is -2.12. The third-order valence-electron chi connectivity index (χ3n) is 3.11. The molecule has 0 radical (unpaired) electrons. The van der Waals surface area contributed by atoms with Crippen LogP contribution in [0.25, 0.3) is 0 Å². The molecular weight excluding hydrogens is 314 g/mol. The Morgan fingerprint density at radius 2 is 1.83 bits per heavy atom. The number of rotatable bonds is 6. The van der Waals surface area contributed by atoms with Crippen LogP contribution >= 0.6 is 11.6 Å². The second-order valence-electron chi connectivity index (χ2n) is 4.80. The molecule has 0 unspecified atom stereocenters. The maximum absolute atomic E-state index is 11.1. The number of hydrogen-bond donors (Lipinski definition) is 0. The number of carbonyl (C=O) groups excluding carboxylic acids is 1. The summed E-state index contributed by atoms with van der Waals surface area (Å²) in [4.78, 5) is 16.3. The van der Waals surface area contributed by atoms with Crippen molar-refractivity contribution in [3.05, 3.63) is 70.2 Å². The molecule has 0 aliphatic heterocycles. The van der Waals surface area contributed by atoms with Gasteiger partial charge < -0.3 is 9.57 Å². The number of carbonyl (C=O) groups is 1. The highest BCUT2D eigenvalue weighted by molar-refractivity contribution is 6.30. The molecule has 2 aromatic carbocycles. The van der Waals surface area contributed by atoms with Gasteiger partial charge in [0.2, 0.25) is 0 Å². The lowest BCUT2D eigenvalue weighted by molar-refractivity contribution is -0.142. The first-order chi connectivity index (χ1) is 11.1. The summed E-state index contributed by atoms with van der Waals surface area (Å²) in [7, 11) is 0. The zero-order valence-corrected chi connectivity index (χ0v) is 13.8. The number of nitrogens with zero attached hydrogens (tertiary/aromatic N) is 1. The lowest BCUT2D eigenvalue weighted by Crippen LogP contribution is -2.10. The third kappa shape index (κ3) is 4.83. The van der Waals surface area contributed by atoms with Gasteiger partial charge in [-0.2, -0.15) is 0 Å². The van der Waals surface area contributed by atoms with Crippen LogP contribution in [0.4, 0.5) is 0 Å². The summed E-state index contributed by atoms with van der Waals surface area (Å²) in [5.41, 5.74) is 3.25. The molecule has 0 aromatic heterocycles. The molecule has 0 heterocycles. The van der Waals surface area contributed by atoms with Gasteiger partial charge in [0.05, 0.1) is 0 Å². The van der Waals surface area contributed by atoms with Gasteiger partial charge in [0.15, 0.2) is 0 Å². The Morgan fingerprint density at radius 1 is 1.13 bits per heavy atom. The van der Waals surface area contributed by atoms with E-state index in [4.69, 9.17) is 21.2 Å². The minimum absolute atomic E-state index is 0.185. The molecule has 0 spiro atoms. The van der Waals surface area contributed by atoms with E-state index in [1.165, 1.54) is 6.92 Å². The normalized spacial score (nSPS) is 11.2. The average Bonchev–Trinajstić information content (AvgIpc) is 2.55. The number of esters is 1. The Labute approximate surface area is 140 Å². The standard InChI is InChI=1S/C18H18ClNO3/c1-3-23-20-18(14-8-10-16(19)11-9-14)17-7-5-4-6-15(17)12-22-13(2)21/h4-11H,3,12H2,1-2H3. The Kier molecular flexibility index (Phi) is 6.18. The fourth-order valence-electron chi connectivity index (χ4n) is 2.05. The average molecular weight is 332 g/mol. The Bertz CT molecular complexity index is 696. The summed E-state index contributed by atoms with van der Waals surface area (Å²) >= 11 is 5.95. The van der Waals surface area contributed by atoms with Crippen LogP contribution in [0.5, 0.6) is 0 Å². The Balaban J connectivity index is 2.43. The lowest BCUT2D eigenvalue weighted by atomic mass is 9.98. The van der Waals surface area contributed by atoms with E-state index in [0.29, 0.717) is 17.3 Å². The molecular formula is C18H18ClNO3. The van der Waals surface area contributed by atoms with Crippen molar-refractivity contribution in [3.63, 3.8) is 0 Å². The highest BCUT2D eigenvalue weighted by Crippen LogP contribution is 2.19. The third-order valence-corrected chi connectivity index (χ3v) is 3.36. The molecule has 0 bridgehead atoms.